The van der Waals surface area contributed by atoms with Crippen LogP contribution in [0.1, 0.15) is 0 Å². The second-order valence-corrected chi connectivity index (χ2v) is 17.3. The van der Waals surface area contributed by atoms with Gasteiger partial charge < -0.3 is 28.9 Å². The van der Waals surface area contributed by atoms with Crippen molar-refractivity contribution in [3.8, 4) is 5.69 Å². The second kappa shape index (κ2) is 13.4. The standard InChI is InChI=1S/C55H37B2N9/c1-3-18-38(19-4-1)61-47-28-11-14-31-50(47)65-51-32-15-12-29-48(51)64(56(61)65)42-34-35-53-54(37-42)66-52-33-16-13-30-49(52)63(57(66)62(53)39-20-5-2-6-21-39)41-23-17-22-40(36-41)59-45-26-9-10-27-46(45)60-44-25-8-7-24-43(44)58-55(59)60/h1-37H. The fourth-order valence-electron chi connectivity index (χ4n) is 11.3. The third-order valence-corrected chi connectivity index (χ3v) is 13.9. The molecule has 308 valence electrons. The SMILES string of the molecule is c1ccc(N2B3N(c4ccc5c(c4)N4B(N(c6cccc(-n7c8ccccc8n8c9ccccc9nc78)c6)c6ccccc64)N5c4ccccc4)c4ccccc4N3c3ccccc32)cc1. The molecule has 4 aliphatic heterocycles. The Kier molecular flexibility index (Phi) is 7.21. The van der Waals surface area contributed by atoms with Gasteiger partial charge in [0.1, 0.15) is 0 Å². The van der Waals surface area contributed by atoms with E-state index in [4.69, 9.17) is 4.98 Å². The highest BCUT2D eigenvalue weighted by molar-refractivity contribution is 6.81. The highest BCUT2D eigenvalue weighted by Gasteiger charge is 2.56. The summed E-state index contributed by atoms with van der Waals surface area (Å²) >= 11 is 0. The fourth-order valence-corrected chi connectivity index (χ4v) is 11.3. The first-order valence-corrected chi connectivity index (χ1v) is 22.5. The number of aromatic nitrogens is 3. The van der Waals surface area contributed by atoms with E-state index in [9.17, 15) is 0 Å². The van der Waals surface area contributed by atoms with Crippen LogP contribution in [0.2, 0.25) is 0 Å². The summed E-state index contributed by atoms with van der Waals surface area (Å²) in [6, 6.07) is 81.2. The van der Waals surface area contributed by atoms with Crippen LogP contribution >= 0.6 is 0 Å². The maximum absolute atomic E-state index is 5.22. The molecule has 9 aromatic carbocycles. The molecule has 0 atom stereocenters. The molecule has 0 unspecified atom stereocenters. The van der Waals surface area contributed by atoms with E-state index in [1.807, 2.05) is 0 Å². The summed E-state index contributed by atoms with van der Waals surface area (Å²) in [6.07, 6.45) is 0. The van der Waals surface area contributed by atoms with Crippen molar-refractivity contribution in [1.29, 1.82) is 0 Å². The van der Waals surface area contributed by atoms with E-state index in [0.29, 0.717) is 0 Å². The first-order chi connectivity index (χ1) is 32.8. The lowest BCUT2D eigenvalue weighted by molar-refractivity contribution is 1.11. The third-order valence-electron chi connectivity index (χ3n) is 13.9. The molecule has 11 aromatic rings. The Morgan fingerprint density at radius 1 is 0.273 bits per heavy atom. The number of fused-ring (bicyclic) bond motifs is 15. The van der Waals surface area contributed by atoms with Gasteiger partial charge in [-0.05, 0) is 121 Å². The zero-order valence-corrected chi connectivity index (χ0v) is 35.5. The van der Waals surface area contributed by atoms with Crippen molar-refractivity contribution < 1.29 is 0 Å². The number of anilines is 12. The zero-order valence-electron chi connectivity index (χ0n) is 35.5. The smallest absolute Gasteiger partial charge is 0.344 e. The van der Waals surface area contributed by atoms with Crippen LogP contribution < -0.4 is 28.9 Å². The molecule has 9 nitrogen and oxygen atoms in total. The third kappa shape index (κ3) is 4.72. The summed E-state index contributed by atoms with van der Waals surface area (Å²) in [5.41, 5.74) is 19.1. The number of nitrogens with zero attached hydrogens (tertiary/aromatic N) is 9. The Morgan fingerprint density at radius 2 is 0.682 bits per heavy atom. The predicted octanol–water partition coefficient (Wildman–Crippen LogP) is 13.3. The van der Waals surface area contributed by atoms with Gasteiger partial charge in [-0.2, -0.15) is 0 Å². The first kappa shape index (κ1) is 35.6. The molecule has 4 aliphatic rings. The molecule has 0 radical (unpaired) electrons. The number of hydrogen-bond acceptors (Lipinski definition) is 7. The number of para-hydroxylation sites is 12. The van der Waals surface area contributed by atoms with E-state index in [1.165, 1.54) is 22.7 Å². The molecule has 66 heavy (non-hydrogen) atoms. The maximum atomic E-state index is 5.22. The highest BCUT2D eigenvalue weighted by atomic mass is 15.5. The van der Waals surface area contributed by atoms with Gasteiger partial charge in [-0.1, -0.05) is 103 Å². The van der Waals surface area contributed by atoms with Gasteiger partial charge in [0.2, 0.25) is 5.78 Å². The molecule has 0 amide bonds. The van der Waals surface area contributed by atoms with Crippen molar-refractivity contribution in [3.63, 3.8) is 0 Å². The van der Waals surface area contributed by atoms with Crippen LogP contribution in [0.15, 0.2) is 224 Å². The van der Waals surface area contributed by atoms with Crippen LogP contribution in [0.25, 0.3) is 33.5 Å². The number of imidazole rings is 2. The molecule has 0 N–H and O–H groups in total. The summed E-state index contributed by atoms with van der Waals surface area (Å²) in [5, 5.41) is 0. The molecule has 0 spiro atoms. The summed E-state index contributed by atoms with van der Waals surface area (Å²) in [7, 11) is -0.392. The molecule has 0 aliphatic carbocycles. The molecule has 0 bridgehead atoms. The Hall–Kier alpha value is -8.82. The quantitative estimate of drug-likeness (QED) is 0.160. The fraction of sp³-hybridized carbons (Fsp3) is 0. The molecule has 0 fully saturated rings. The second-order valence-electron chi connectivity index (χ2n) is 17.3. The Labute approximate surface area is 381 Å². The Morgan fingerprint density at radius 3 is 1.27 bits per heavy atom. The molecular formula is C55H37B2N9. The predicted molar refractivity (Wildman–Crippen MR) is 273 cm³/mol. The minimum Gasteiger partial charge on any atom is -0.344 e. The lowest BCUT2D eigenvalue weighted by Crippen LogP contribution is -2.51. The number of rotatable bonds is 5. The van der Waals surface area contributed by atoms with E-state index < -0.39 is 0 Å². The molecule has 2 aromatic heterocycles. The lowest BCUT2D eigenvalue weighted by atomic mass is 9.86. The lowest BCUT2D eigenvalue weighted by Gasteiger charge is -2.32. The van der Waals surface area contributed by atoms with Gasteiger partial charge >= 0.3 is 14.2 Å². The minimum absolute atomic E-state index is 0.156. The van der Waals surface area contributed by atoms with Crippen LogP contribution in [-0.2, 0) is 0 Å². The van der Waals surface area contributed by atoms with Gasteiger partial charge in [0, 0.05) is 22.7 Å². The van der Waals surface area contributed by atoms with Crippen molar-refractivity contribution in [2.45, 2.75) is 0 Å². The van der Waals surface area contributed by atoms with Crippen molar-refractivity contribution >= 4 is 110 Å². The van der Waals surface area contributed by atoms with Gasteiger partial charge in [0.05, 0.1) is 73.3 Å². The summed E-state index contributed by atoms with van der Waals surface area (Å²) in [5.74, 6) is 0.892. The van der Waals surface area contributed by atoms with Crippen LogP contribution in [0.5, 0.6) is 0 Å². The highest BCUT2D eigenvalue weighted by Crippen LogP contribution is 2.59. The van der Waals surface area contributed by atoms with Crippen LogP contribution in [0, 0.1) is 0 Å². The van der Waals surface area contributed by atoms with Crippen molar-refractivity contribution in [3.05, 3.63) is 224 Å². The normalized spacial score (nSPS) is 14.4. The maximum Gasteiger partial charge on any atom is 0.519 e. The van der Waals surface area contributed by atoms with E-state index in [0.717, 1.165) is 79.0 Å². The average Bonchev–Trinajstić information content (AvgIpc) is 4.21. The van der Waals surface area contributed by atoms with Crippen molar-refractivity contribution in [2.24, 2.45) is 0 Å². The van der Waals surface area contributed by atoms with Gasteiger partial charge in [0.15, 0.2) is 0 Å². The van der Waals surface area contributed by atoms with Crippen LogP contribution in [-0.4, -0.2) is 28.2 Å². The molecule has 11 heteroatoms. The average molecular weight is 846 g/mol. The van der Waals surface area contributed by atoms with Crippen molar-refractivity contribution in [2.75, 3.05) is 28.9 Å². The molecule has 6 heterocycles. The monoisotopic (exact) mass is 845 g/mol. The van der Waals surface area contributed by atoms with Gasteiger partial charge in [-0.15, -0.1) is 0 Å². The van der Waals surface area contributed by atoms with Gasteiger partial charge in [-0.3, -0.25) is 8.97 Å². The van der Waals surface area contributed by atoms with E-state index in [2.05, 4.69) is 262 Å². The van der Waals surface area contributed by atoms with Gasteiger partial charge in [-0.25, -0.2) is 4.98 Å². The van der Waals surface area contributed by atoms with E-state index in [-0.39, 0.29) is 14.2 Å². The molecular weight excluding hydrogens is 808 g/mol. The Balaban J connectivity index is 0.913. The Bertz CT molecular complexity index is 3750. The topological polar surface area (TPSA) is 41.7 Å². The summed E-state index contributed by atoms with van der Waals surface area (Å²) in [6.45, 7) is 0. The zero-order chi connectivity index (χ0) is 43.0. The molecule has 0 saturated carbocycles. The first-order valence-electron chi connectivity index (χ1n) is 22.5. The number of benzene rings is 9. The van der Waals surface area contributed by atoms with Crippen molar-refractivity contribution in [1.82, 2.24) is 14.0 Å². The molecule has 0 saturated heterocycles. The van der Waals surface area contributed by atoms with Crippen LogP contribution in [0.4, 0.5) is 68.2 Å². The van der Waals surface area contributed by atoms with E-state index in [1.54, 1.807) is 0 Å². The minimum atomic E-state index is -0.236. The summed E-state index contributed by atoms with van der Waals surface area (Å²) < 4.78 is 4.59. The summed E-state index contributed by atoms with van der Waals surface area (Å²) in [4.78, 5) is 20.3. The molecule has 15 rings (SSSR count). The largest absolute Gasteiger partial charge is 0.519 e. The number of hydrogen-bond donors (Lipinski definition) is 0. The van der Waals surface area contributed by atoms with Crippen LogP contribution in [0.3, 0.4) is 0 Å². The van der Waals surface area contributed by atoms with E-state index >= 15 is 0 Å². The van der Waals surface area contributed by atoms with Gasteiger partial charge in [0.25, 0.3) is 0 Å².